The van der Waals surface area contributed by atoms with Crippen molar-refractivity contribution in [2.45, 2.75) is 32.6 Å². The third-order valence-electron chi connectivity index (χ3n) is 3.61. The maximum Gasteiger partial charge on any atom is 0.234 e. The Morgan fingerprint density at radius 1 is 1.42 bits per heavy atom. The van der Waals surface area contributed by atoms with Crippen LogP contribution in [0.1, 0.15) is 30.9 Å². The predicted octanol–water partition coefficient (Wildman–Crippen LogP) is 1.89. The highest BCUT2D eigenvalue weighted by atomic mass is 16.4. The van der Waals surface area contributed by atoms with E-state index in [0.29, 0.717) is 0 Å². The van der Waals surface area contributed by atoms with E-state index >= 15 is 0 Å². The molecule has 0 saturated carbocycles. The van der Waals surface area contributed by atoms with Gasteiger partial charge in [-0.15, -0.1) is 0 Å². The fraction of sp³-hybridized carbons (Fsp3) is 0.429. The van der Waals surface area contributed by atoms with Gasteiger partial charge in [-0.2, -0.15) is 0 Å². The number of hydrogen-bond donors (Lipinski definition) is 3. The summed E-state index contributed by atoms with van der Waals surface area (Å²) in [4.78, 5) is 12.0. The number of carbonyl (C=O) groups excluding carboxylic acids is 1. The van der Waals surface area contributed by atoms with Crippen molar-refractivity contribution < 1.29 is 10.0 Å². The van der Waals surface area contributed by atoms with E-state index in [1.165, 1.54) is 17.5 Å². The number of amides is 1. The Morgan fingerprint density at radius 2 is 2.16 bits per heavy atom. The van der Waals surface area contributed by atoms with Crippen LogP contribution in [0.25, 0.3) is 0 Å². The van der Waals surface area contributed by atoms with E-state index in [0.717, 1.165) is 24.9 Å². The quantitative estimate of drug-likeness (QED) is 0.336. The van der Waals surface area contributed by atoms with E-state index in [4.69, 9.17) is 10.9 Å². The van der Waals surface area contributed by atoms with Gasteiger partial charge in [0.25, 0.3) is 0 Å². The number of rotatable bonds is 3. The van der Waals surface area contributed by atoms with Gasteiger partial charge < -0.3 is 16.3 Å². The fourth-order valence-corrected chi connectivity index (χ4v) is 2.36. The standard InChI is InChI=1S/C14H19N3O2/c1-9(13(15)17-19)14(18)16-12-8-4-6-10-5-2-3-7-11(10)12/h4,6,8-9,19H,2-3,5,7H2,1H3,(H2,15,17)(H,16,18). The molecule has 1 aromatic rings. The molecule has 1 aromatic carbocycles. The monoisotopic (exact) mass is 261 g/mol. The number of hydrogen-bond acceptors (Lipinski definition) is 3. The zero-order valence-electron chi connectivity index (χ0n) is 11.0. The number of benzene rings is 1. The molecule has 0 aromatic heterocycles. The largest absolute Gasteiger partial charge is 0.409 e. The highest BCUT2D eigenvalue weighted by Crippen LogP contribution is 2.28. The number of nitrogens with one attached hydrogen (secondary N) is 1. The van der Waals surface area contributed by atoms with Crippen molar-refractivity contribution in [2.24, 2.45) is 16.8 Å². The first kappa shape index (κ1) is 13.4. The molecule has 0 aliphatic heterocycles. The molecule has 0 bridgehead atoms. The highest BCUT2D eigenvalue weighted by Gasteiger charge is 2.20. The van der Waals surface area contributed by atoms with Crippen LogP contribution in [0.5, 0.6) is 0 Å². The average Bonchev–Trinajstić information content (AvgIpc) is 2.46. The maximum absolute atomic E-state index is 12.0. The molecule has 1 unspecified atom stereocenters. The van der Waals surface area contributed by atoms with Crippen molar-refractivity contribution in [3.8, 4) is 0 Å². The first-order valence-electron chi connectivity index (χ1n) is 6.52. The van der Waals surface area contributed by atoms with Crippen LogP contribution in [-0.4, -0.2) is 17.0 Å². The number of oxime groups is 1. The van der Waals surface area contributed by atoms with E-state index < -0.39 is 5.92 Å². The molecular weight excluding hydrogens is 242 g/mol. The first-order valence-corrected chi connectivity index (χ1v) is 6.52. The summed E-state index contributed by atoms with van der Waals surface area (Å²) in [5.41, 5.74) is 8.82. The normalized spacial score (nSPS) is 16.6. The Labute approximate surface area is 112 Å². The molecule has 1 atom stereocenters. The van der Waals surface area contributed by atoms with Crippen molar-refractivity contribution in [1.29, 1.82) is 0 Å². The van der Waals surface area contributed by atoms with Gasteiger partial charge >= 0.3 is 0 Å². The summed E-state index contributed by atoms with van der Waals surface area (Å²) in [6.45, 7) is 1.61. The Hall–Kier alpha value is -2.04. The van der Waals surface area contributed by atoms with Crippen LogP contribution in [0, 0.1) is 5.92 Å². The lowest BCUT2D eigenvalue weighted by atomic mass is 9.90. The van der Waals surface area contributed by atoms with Gasteiger partial charge in [-0.1, -0.05) is 17.3 Å². The molecule has 0 saturated heterocycles. The Balaban J connectivity index is 2.18. The van der Waals surface area contributed by atoms with Crippen LogP contribution in [-0.2, 0) is 17.6 Å². The number of amidine groups is 1. The van der Waals surface area contributed by atoms with Gasteiger partial charge in [-0.25, -0.2) is 0 Å². The third kappa shape index (κ3) is 2.86. The molecule has 1 aliphatic rings. The zero-order chi connectivity index (χ0) is 13.8. The van der Waals surface area contributed by atoms with Crippen molar-refractivity contribution >= 4 is 17.4 Å². The van der Waals surface area contributed by atoms with Crippen molar-refractivity contribution in [3.05, 3.63) is 29.3 Å². The summed E-state index contributed by atoms with van der Waals surface area (Å²) >= 11 is 0. The predicted molar refractivity (Wildman–Crippen MR) is 74.3 cm³/mol. The Kier molecular flexibility index (Phi) is 4.04. The van der Waals surface area contributed by atoms with E-state index in [1.54, 1.807) is 6.92 Å². The highest BCUT2D eigenvalue weighted by molar-refractivity contribution is 6.07. The number of anilines is 1. The Bertz CT molecular complexity index is 511. The molecule has 102 valence electrons. The molecule has 19 heavy (non-hydrogen) atoms. The van der Waals surface area contributed by atoms with Crippen LogP contribution in [0.3, 0.4) is 0 Å². The molecule has 0 heterocycles. The van der Waals surface area contributed by atoms with E-state index in [1.807, 2.05) is 12.1 Å². The minimum atomic E-state index is -0.649. The second kappa shape index (κ2) is 5.73. The SMILES string of the molecule is CC(C(=O)Nc1cccc2c1CCCC2)C(N)=NO. The number of aryl methyl sites for hydroxylation is 1. The molecule has 0 spiro atoms. The van der Waals surface area contributed by atoms with E-state index in [-0.39, 0.29) is 11.7 Å². The number of nitrogens with zero attached hydrogens (tertiary/aromatic N) is 1. The van der Waals surface area contributed by atoms with Gasteiger partial charge in [0.1, 0.15) is 0 Å². The second-order valence-corrected chi connectivity index (χ2v) is 4.89. The van der Waals surface area contributed by atoms with Gasteiger partial charge in [0.15, 0.2) is 5.84 Å². The maximum atomic E-state index is 12.0. The van der Waals surface area contributed by atoms with E-state index in [9.17, 15) is 4.79 Å². The van der Waals surface area contributed by atoms with Gasteiger partial charge in [-0.05, 0) is 49.8 Å². The molecule has 0 radical (unpaired) electrons. The van der Waals surface area contributed by atoms with Crippen LogP contribution in [0.2, 0.25) is 0 Å². The van der Waals surface area contributed by atoms with Gasteiger partial charge in [0, 0.05) is 5.69 Å². The molecule has 1 amide bonds. The molecule has 1 aliphatic carbocycles. The molecular formula is C14H19N3O2. The summed E-state index contributed by atoms with van der Waals surface area (Å²) in [5, 5.41) is 14.3. The molecule has 2 rings (SSSR count). The summed E-state index contributed by atoms with van der Waals surface area (Å²) in [6.07, 6.45) is 4.40. The summed E-state index contributed by atoms with van der Waals surface area (Å²) in [6, 6.07) is 5.96. The number of nitrogens with two attached hydrogens (primary N) is 1. The zero-order valence-corrected chi connectivity index (χ0v) is 11.0. The number of carbonyl (C=O) groups is 1. The smallest absolute Gasteiger partial charge is 0.234 e. The Morgan fingerprint density at radius 3 is 2.89 bits per heavy atom. The lowest BCUT2D eigenvalue weighted by Gasteiger charge is -2.20. The molecule has 4 N–H and O–H groups in total. The minimum absolute atomic E-state index is 0.0812. The lowest BCUT2D eigenvalue weighted by molar-refractivity contribution is -0.117. The van der Waals surface area contributed by atoms with Crippen molar-refractivity contribution in [1.82, 2.24) is 0 Å². The van der Waals surface area contributed by atoms with E-state index in [2.05, 4.69) is 16.5 Å². The van der Waals surface area contributed by atoms with Crippen LogP contribution < -0.4 is 11.1 Å². The van der Waals surface area contributed by atoms with Crippen LogP contribution in [0.4, 0.5) is 5.69 Å². The van der Waals surface area contributed by atoms with Crippen molar-refractivity contribution in [2.75, 3.05) is 5.32 Å². The summed E-state index contributed by atoms with van der Waals surface area (Å²) in [5.74, 6) is -0.985. The van der Waals surface area contributed by atoms with Gasteiger partial charge in [0.05, 0.1) is 5.92 Å². The second-order valence-electron chi connectivity index (χ2n) is 4.89. The average molecular weight is 261 g/mol. The topological polar surface area (TPSA) is 87.7 Å². The summed E-state index contributed by atoms with van der Waals surface area (Å²) in [7, 11) is 0. The third-order valence-corrected chi connectivity index (χ3v) is 3.61. The molecule has 5 nitrogen and oxygen atoms in total. The van der Waals surface area contributed by atoms with Crippen LogP contribution >= 0.6 is 0 Å². The lowest BCUT2D eigenvalue weighted by Crippen LogP contribution is -2.32. The van der Waals surface area contributed by atoms with Gasteiger partial charge in [-0.3, -0.25) is 4.79 Å². The minimum Gasteiger partial charge on any atom is -0.409 e. The molecule has 0 fully saturated rings. The first-order chi connectivity index (χ1) is 9.13. The summed E-state index contributed by atoms with van der Waals surface area (Å²) < 4.78 is 0. The number of fused-ring (bicyclic) bond motifs is 1. The van der Waals surface area contributed by atoms with Crippen LogP contribution in [0.15, 0.2) is 23.4 Å². The molecule has 5 heteroatoms. The fourth-order valence-electron chi connectivity index (χ4n) is 2.36. The van der Waals surface area contributed by atoms with Crippen molar-refractivity contribution in [3.63, 3.8) is 0 Å². The van der Waals surface area contributed by atoms with Gasteiger partial charge in [0.2, 0.25) is 5.91 Å².